The van der Waals surface area contributed by atoms with Gasteiger partial charge >= 0.3 is 0 Å². The molecule has 28 heavy (non-hydrogen) atoms. The van der Waals surface area contributed by atoms with Crippen molar-refractivity contribution in [3.63, 3.8) is 0 Å². The molecule has 0 bridgehead atoms. The zero-order valence-corrected chi connectivity index (χ0v) is 16.9. The molecule has 1 N–H and O–H groups in total. The molecular formula is C22H24FN3OS. The summed E-state index contributed by atoms with van der Waals surface area (Å²) >= 11 is 1.37. The van der Waals surface area contributed by atoms with Crippen LogP contribution in [-0.4, -0.2) is 34.9 Å². The van der Waals surface area contributed by atoms with E-state index in [-0.39, 0.29) is 17.8 Å². The lowest BCUT2D eigenvalue weighted by atomic mass is 10.0. The molecule has 1 unspecified atom stereocenters. The number of likely N-dealkylation sites (tertiary alicyclic amines) is 1. The highest BCUT2D eigenvalue weighted by Gasteiger charge is 2.26. The van der Waals surface area contributed by atoms with Crippen LogP contribution >= 0.6 is 11.3 Å². The van der Waals surface area contributed by atoms with E-state index in [1.807, 2.05) is 25.4 Å². The summed E-state index contributed by atoms with van der Waals surface area (Å²) in [7, 11) is 0. The largest absolute Gasteiger partial charge is 0.349 e. The summed E-state index contributed by atoms with van der Waals surface area (Å²) in [6, 6.07) is 9.61. The minimum atomic E-state index is -0.260. The van der Waals surface area contributed by atoms with Gasteiger partial charge in [0.15, 0.2) is 0 Å². The van der Waals surface area contributed by atoms with Gasteiger partial charge in [0.1, 0.15) is 5.82 Å². The molecule has 0 radical (unpaired) electrons. The Morgan fingerprint density at radius 1 is 1.25 bits per heavy atom. The van der Waals surface area contributed by atoms with Gasteiger partial charge in [0.2, 0.25) is 0 Å². The third-order valence-corrected chi connectivity index (χ3v) is 6.97. The second kappa shape index (κ2) is 7.97. The summed E-state index contributed by atoms with van der Waals surface area (Å²) in [5, 5.41) is 3.74. The predicted molar refractivity (Wildman–Crippen MR) is 111 cm³/mol. The van der Waals surface area contributed by atoms with Crippen LogP contribution in [0.5, 0.6) is 0 Å². The average molecular weight is 398 g/mol. The van der Waals surface area contributed by atoms with Crippen molar-refractivity contribution >= 4 is 27.3 Å². The maximum Gasteiger partial charge on any atom is 0.261 e. The molecule has 1 saturated heterocycles. The van der Waals surface area contributed by atoms with Crippen molar-refractivity contribution in [2.75, 3.05) is 13.1 Å². The van der Waals surface area contributed by atoms with E-state index < -0.39 is 0 Å². The zero-order valence-electron chi connectivity index (χ0n) is 16.1. The molecule has 1 aromatic carbocycles. The topological polar surface area (TPSA) is 45.2 Å². The van der Waals surface area contributed by atoms with Gasteiger partial charge in [-0.1, -0.05) is 6.07 Å². The molecule has 0 spiro atoms. The van der Waals surface area contributed by atoms with Gasteiger partial charge in [-0.15, -0.1) is 11.3 Å². The molecule has 4 nitrogen and oxygen atoms in total. The summed E-state index contributed by atoms with van der Waals surface area (Å²) in [5.41, 5.74) is 2.00. The first-order chi connectivity index (χ1) is 13.5. The number of benzene rings is 1. The summed E-state index contributed by atoms with van der Waals surface area (Å²) in [6.07, 6.45) is 5.49. The van der Waals surface area contributed by atoms with Crippen LogP contribution in [0.3, 0.4) is 0 Å². The Labute approximate surface area is 168 Å². The van der Waals surface area contributed by atoms with E-state index in [0.29, 0.717) is 16.3 Å². The minimum absolute atomic E-state index is 0.0845. The number of thiophene rings is 1. The Morgan fingerprint density at radius 3 is 2.64 bits per heavy atom. The van der Waals surface area contributed by atoms with Gasteiger partial charge in [-0.05, 0) is 62.1 Å². The van der Waals surface area contributed by atoms with Crippen LogP contribution < -0.4 is 5.32 Å². The molecule has 1 aliphatic rings. The summed E-state index contributed by atoms with van der Waals surface area (Å²) in [4.78, 5) is 20.0. The third kappa shape index (κ3) is 3.66. The van der Waals surface area contributed by atoms with Gasteiger partial charge in [0, 0.05) is 47.7 Å². The number of carbonyl (C=O) groups excluding carboxylic acids is 1. The first-order valence-electron chi connectivity index (χ1n) is 9.67. The van der Waals surface area contributed by atoms with Gasteiger partial charge in [-0.2, -0.15) is 0 Å². The molecule has 4 rings (SSSR count). The third-order valence-electron chi connectivity index (χ3n) is 5.71. The zero-order chi connectivity index (χ0) is 19.7. The van der Waals surface area contributed by atoms with Crippen molar-refractivity contribution in [3.05, 3.63) is 64.5 Å². The summed E-state index contributed by atoms with van der Waals surface area (Å²) in [6.45, 7) is 5.92. The van der Waals surface area contributed by atoms with E-state index >= 15 is 0 Å². The van der Waals surface area contributed by atoms with Crippen LogP contribution in [0.15, 0.2) is 42.7 Å². The first-order valence-corrected chi connectivity index (χ1v) is 10.5. The van der Waals surface area contributed by atoms with Gasteiger partial charge in [0.05, 0.1) is 4.88 Å². The van der Waals surface area contributed by atoms with Crippen LogP contribution in [0.2, 0.25) is 0 Å². The molecule has 0 saturated carbocycles. The SMILES string of the molecule is Cc1c(C(=O)NC2CCN(C(C)c3ccncc3)CC2)sc2cccc(F)c12. The number of hydrogen-bond donors (Lipinski definition) is 1. The summed E-state index contributed by atoms with van der Waals surface area (Å²) in [5.74, 6) is -0.345. The van der Waals surface area contributed by atoms with Gasteiger partial charge < -0.3 is 5.32 Å². The molecule has 3 aromatic rings. The fraction of sp³-hybridized carbons (Fsp3) is 0.364. The maximum absolute atomic E-state index is 14.1. The van der Waals surface area contributed by atoms with Crippen LogP contribution in [0.4, 0.5) is 4.39 Å². The number of aromatic nitrogens is 1. The quantitative estimate of drug-likeness (QED) is 0.694. The Morgan fingerprint density at radius 2 is 1.96 bits per heavy atom. The second-order valence-electron chi connectivity index (χ2n) is 7.41. The highest BCUT2D eigenvalue weighted by atomic mass is 32.1. The monoisotopic (exact) mass is 397 g/mol. The van der Waals surface area contributed by atoms with Gasteiger partial charge in [0.25, 0.3) is 5.91 Å². The van der Waals surface area contributed by atoms with E-state index in [0.717, 1.165) is 36.2 Å². The Bertz CT molecular complexity index is 980. The smallest absolute Gasteiger partial charge is 0.261 e. The number of pyridine rings is 1. The lowest BCUT2D eigenvalue weighted by Crippen LogP contribution is -2.45. The van der Waals surface area contributed by atoms with Crippen molar-refractivity contribution < 1.29 is 9.18 Å². The van der Waals surface area contributed by atoms with E-state index in [4.69, 9.17) is 0 Å². The van der Waals surface area contributed by atoms with Crippen molar-refractivity contribution in [3.8, 4) is 0 Å². The van der Waals surface area contributed by atoms with E-state index in [2.05, 4.69) is 34.3 Å². The number of hydrogen-bond acceptors (Lipinski definition) is 4. The van der Waals surface area contributed by atoms with Crippen molar-refractivity contribution in [2.45, 2.75) is 38.8 Å². The van der Waals surface area contributed by atoms with Crippen LogP contribution in [0, 0.1) is 12.7 Å². The number of rotatable bonds is 4. The van der Waals surface area contributed by atoms with Crippen LogP contribution in [-0.2, 0) is 0 Å². The minimum Gasteiger partial charge on any atom is -0.349 e. The molecular weight excluding hydrogens is 373 g/mol. The molecule has 1 amide bonds. The highest BCUT2D eigenvalue weighted by molar-refractivity contribution is 7.21. The normalized spacial score (nSPS) is 17.0. The van der Waals surface area contributed by atoms with Gasteiger partial charge in [-0.25, -0.2) is 4.39 Å². The Balaban J connectivity index is 1.39. The Kier molecular flexibility index (Phi) is 5.42. The van der Waals surface area contributed by atoms with Crippen LogP contribution in [0.25, 0.3) is 10.1 Å². The number of aryl methyl sites for hydroxylation is 1. The Hall–Kier alpha value is -2.31. The van der Waals surface area contributed by atoms with Crippen molar-refractivity contribution in [1.29, 1.82) is 0 Å². The maximum atomic E-state index is 14.1. The van der Waals surface area contributed by atoms with Gasteiger partial charge in [-0.3, -0.25) is 14.7 Å². The molecule has 2 aromatic heterocycles. The van der Waals surface area contributed by atoms with Crippen molar-refractivity contribution in [2.24, 2.45) is 0 Å². The second-order valence-corrected chi connectivity index (χ2v) is 8.46. The lowest BCUT2D eigenvalue weighted by molar-refractivity contribution is 0.0899. The molecule has 6 heteroatoms. The standard InChI is InChI=1S/C22H24FN3OS/c1-14-20-18(23)4-3-5-19(20)28-21(14)22(27)25-17-8-12-26(13-9-17)15(2)16-6-10-24-11-7-16/h3-7,10-11,15,17H,8-9,12-13H2,1-2H3,(H,25,27). The van der Waals surface area contributed by atoms with E-state index in [1.54, 1.807) is 6.07 Å². The molecule has 1 fully saturated rings. The van der Waals surface area contributed by atoms with E-state index in [1.165, 1.54) is 23.0 Å². The number of amides is 1. The average Bonchev–Trinajstić information content (AvgIpc) is 3.07. The summed E-state index contributed by atoms with van der Waals surface area (Å²) < 4.78 is 14.9. The van der Waals surface area contributed by atoms with Crippen molar-refractivity contribution in [1.82, 2.24) is 15.2 Å². The molecule has 1 atom stereocenters. The number of halogens is 1. The fourth-order valence-electron chi connectivity index (χ4n) is 4.00. The number of nitrogens with zero attached hydrogens (tertiary/aromatic N) is 2. The first kappa shape index (κ1) is 19.0. The van der Waals surface area contributed by atoms with Crippen LogP contribution in [0.1, 0.15) is 46.6 Å². The van der Waals surface area contributed by atoms with E-state index in [9.17, 15) is 9.18 Å². The number of carbonyl (C=O) groups is 1. The lowest BCUT2D eigenvalue weighted by Gasteiger charge is -2.36. The molecule has 0 aliphatic carbocycles. The predicted octanol–water partition coefficient (Wildman–Crippen LogP) is 4.70. The number of nitrogens with one attached hydrogen (secondary N) is 1. The number of fused-ring (bicyclic) bond motifs is 1. The number of piperidine rings is 1. The highest BCUT2D eigenvalue weighted by Crippen LogP contribution is 2.33. The molecule has 1 aliphatic heterocycles. The molecule has 3 heterocycles. The fourth-order valence-corrected chi connectivity index (χ4v) is 5.13. The molecule has 146 valence electrons.